The van der Waals surface area contributed by atoms with Crippen molar-refractivity contribution in [1.82, 2.24) is 4.90 Å². The van der Waals surface area contributed by atoms with Crippen LogP contribution in [0.1, 0.15) is 43.1 Å². The minimum absolute atomic E-state index is 0.0226. The molecule has 1 N–H and O–H groups in total. The van der Waals surface area contributed by atoms with E-state index in [4.69, 9.17) is 5.11 Å². The summed E-state index contributed by atoms with van der Waals surface area (Å²) in [6.45, 7) is 6.66. The van der Waals surface area contributed by atoms with E-state index >= 15 is 0 Å². The lowest BCUT2D eigenvalue weighted by molar-refractivity contribution is -0.132. The summed E-state index contributed by atoms with van der Waals surface area (Å²) < 4.78 is 0. The second kappa shape index (κ2) is 6.92. The first-order chi connectivity index (χ1) is 8.97. The molecule has 0 atom stereocenters. The molecule has 1 amide bonds. The highest BCUT2D eigenvalue weighted by molar-refractivity contribution is 5.91. The van der Waals surface area contributed by atoms with Crippen LogP contribution in [0.2, 0.25) is 0 Å². The molecule has 1 rings (SSSR count). The Kier molecular flexibility index (Phi) is 5.55. The summed E-state index contributed by atoms with van der Waals surface area (Å²) in [5, 5.41) is 9.10. The minimum Gasteiger partial charge on any atom is -0.478 e. The SMILES string of the molecule is CCCN(C(=O)Cc1ccccc1C(=O)O)C(C)C. The molecule has 1 aromatic carbocycles. The maximum Gasteiger partial charge on any atom is 0.335 e. The van der Waals surface area contributed by atoms with Crippen molar-refractivity contribution in [2.24, 2.45) is 0 Å². The van der Waals surface area contributed by atoms with Gasteiger partial charge in [0.05, 0.1) is 12.0 Å². The second-order valence-electron chi connectivity index (χ2n) is 4.82. The molecule has 0 aliphatic heterocycles. The first-order valence-corrected chi connectivity index (χ1v) is 6.58. The number of carbonyl (C=O) groups excluding carboxylic acids is 1. The minimum atomic E-state index is -0.991. The molecule has 0 unspecified atom stereocenters. The van der Waals surface area contributed by atoms with Gasteiger partial charge < -0.3 is 10.0 Å². The van der Waals surface area contributed by atoms with E-state index in [0.29, 0.717) is 12.1 Å². The Hall–Kier alpha value is -1.84. The summed E-state index contributed by atoms with van der Waals surface area (Å²) in [6, 6.07) is 6.79. The number of nitrogens with zero attached hydrogens (tertiary/aromatic N) is 1. The number of rotatable bonds is 6. The third-order valence-electron chi connectivity index (χ3n) is 3.00. The zero-order valence-electron chi connectivity index (χ0n) is 11.7. The zero-order valence-corrected chi connectivity index (χ0v) is 11.7. The quantitative estimate of drug-likeness (QED) is 0.858. The predicted octanol–water partition coefficient (Wildman–Crippen LogP) is 2.57. The fourth-order valence-corrected chi connectivity index (χ4v) is 2.06. The Morgan fingerprint density at radius 1 is 1.26 bits per heavy atom. The molecule has 4 nitrogen and oxygen atoms in total. The number of carboxylic acid groups (broad SMARTS) is 1. The summed E-state index contributed by atoms with van der Waals surface area (Å²) in [6.07, 6.45) is 1.03. The van der Waals surface area contributed by atoms with E-state index in [1.54, 1.807) is 23.1 Å². The van der Waals surface area contributed by atoms with E-state index < -0.39 is 5.97 Å². The van der Waals surface area contributed by atoms with Gasteiger partial charge >= 0.3 is 5.97 Å². The van der Waals surface area contributed by atoms with Crippen LogP contribution in [-0.4, -0.2) is 34.5 Å². The maximum absolute atomic E-state index is 12.3. The summed E-state index contributed by atoms with van der Waals surface area (Å²) in [7, 11) is 0. The molecule has 4 heteroatoms. The van der Waals surface area contributed by atoms with Gasteiger partial charge in [0.25, 0.3) is 0 Å². The normalized spacial score (nSPS) is 10.5. The highest BCUT2D eigenvalue weighted by Gasteiger charge is 2.19. The molecule has 0 spiro atoms. The Bertz CT molecular complexity index is 454. The summed E-state index contributed by atoms with van der Waals surface area (Å²) in [5.41, 5.74) is 0.776. The van der Waals surface area contributed by atoms with E-state index in [2.05, 4.69) is 0 Å². The van der Waals surface area contributed by atoms with E-state index in [-0.39, 0.29) is 23.9 Å². The van der Waals surface area contributed by atoms with Crippen molar-refractivity contribution in [2.45, 2.75) is 39.7 Å². The van der Waals surface area contributed by atoms with Crippen molar-refractivity contribution >= 4 is 11.9 Å². The van der Waals surface area contributed by atoms with Gasteiger partial charge in [0.1, 0.15) is 0 Å². The van der Waals surface area contributed by atoms with Gasteiger partial charge in [-0.25, -0.2) is 4.79 Å². The number of hydrogen-bond donors (Lipinski definition) is 1. The van der Waals surface area contributed by atoms with Gasteiger partial charge in [0.2, 0.25) is 5.91 Å². The van der Waals surface area contributed by atoms with Gasteiger partial charge in [-0.3, -0.25) is 4.79 Å². The highest BCUT2D eigenvalue weighted by Crippen LogP contribution is 2.12. The monoisotopic (exact) mass is 263 g/mol. The molecule has 0 bridgehead atoms. The van der Waals surface area contributed by atoms with Crippen LogP contribution in [0, 0.1) is 0 Å². The van der Waals surface area contributed by atoms with E-state index in [0.717, 1.165) is 6.42 Å². The number of benzene rings is 1. The lowest BCUT2D eigenvalue weighted by atomic mass is 10.0. The average Bonchev–Trinajstić information content (AvgIpc) is 2.35. The van der Waals surface area contributed by atoms with Crippen LogP contribution in [0.15, 0.2) is 24.3 Å². The van der Waals surface area contributed by atoms with Crippen LogP contribution in [0.4, 0.5) is 0 Å². The van der Waals surface area contributed by atoms with Crippen molar-refractivity contribution in [3.05, 3.63) is 35.4 Å². The standard InChI is InChI=1S/C15H21NO3/c1-4-9-16(11(2)3)14(17)10-12-7-5-6-8-13(12)15(18)19/h5-8,11H,4,9-10H2,1-3H3,(H,18,19). The van der Waals surface area contributed by atoms with Crippen molar-refractivity contribution in [3.63, 3.8) is 0 Å². The van der Waals surface area contributed by atoms with Gasteiger partial charge in [-0.15, -0.1) is 0 Å². The summed E-state index contributed by atoms with van der Waals surface area (Å²) >= 11 is 0. The van der Waals surface area contributed by atoms with Gasteiger partial charge in [0, 0.05) is 12.6 Å². The smallest absolute Gasteiger partial charge is 0.335 e. The van der Waals surface area contributed by atoms with E-state index in [1.165, 1.54) is 6.07 Å². The van der Waals surface area contributed by atoms with Gasteiger partial charge in [-0.1, -0.05) is 25.1 Å². The molecule has 0 heterocycles. The maximum atomic E-state index is 12.3. The topological polar surface area (TPSA) is 57.6 Å². The van der Waals surface area contributed by atoms with E-state index in [9.17, 15) is 9.59 Å². The lowest BCUT2D eigenvalue weighted by Crippen LogP contribution is -2.38. The molecule has 0 saturated heterocycles. The van der Waals surface area contributed by atoms with Crippen molar-refractivity contribution < 1.29 is 14.7 Å². The number of carbonyl (C=O) groups is 2. The van der Waals surface area contributed by atoms with Crippen LogP contribution < -0.4 is 0 Å². The fourth-order valence-electron chi connectivity index (χ4n) is 2.06. The molecule has 0 saturated carbocycles. The molecule has 0 aliphatic carbocycles. The number of carboxylic acids is 1. The Morgan fingerprint density at radius 2 is 1.89 bits per heavy atom. The summed E-state index contributed by atoms with van der Waals surface area (Å²) in [5.74, 6) is -1.01. The first-order valence-electron chi connectivity index (χ1n) is 6.58. The van der Waals surface area contributed by atoms with Crippen LogP contribution >= 0.6 is 0 Å². The molecular formula is C15H21NO3. The van der Waals surface area contributed by atoms with Crippen molar-refractivity contribution in [3.8, 4) is 0 Å². The molecular weight excluding hydrogens is 242 g/mol. The Morgan fingerprint density at radius 3 is 2.42 bits per heavy atom. The van der Waals surface area contributed by atoms with Crippen LogP contribution in [-0.2, 0) is 11.2 Å². The third-order valence-corrected chi connectivity index (χ3v) is 3.00. The predicted molar refractivity (Wildman–Crippen MR) is 74.2 cm³/mol. The second-order valence-corrected chi connectivity index (χ2v) is 4.82. The average molecular weight is 263 g/mol. The van der Waals surface area contributed by atoms with Crippen molar-refractivity contribution in [2.75, 3.05) is 6.54 Å². The Balaban J connectivity index is 2.89. The molecule has 0 aliphatic rings. The van der Waals surface area contributed by atoms with Crippen LogP contribution in [0.5, 0.6) is 0 Å². The summed E-state index contributed by atoms with van der Waals surface area (Å²) in [4.78, 5) is 25.1. The van der Waals surface area contributed by atoms with Crippen molar-refractivity contribution in [1.29, 1.82) is 0 Å². The molecule has 104 valence electrons. The third kappa shape index (κ3) is 4.09. The van der Waals surface area contributed by atoms with Crippen LogP contribution in [0.3, 0.4) is 0 Å². The Labute approximate surface area is 114 Å². The van der Waals surface area contributed by atoms with Crippen LogP contribution in [0.25, 0.3) is 0 Å². The van der Waals surface area contributed by atoms with Gasteiger partial charge in [-0.05, 0) is 31.9 Å². The molecule has 0 fully saturated rings. The molecule has 19 heavy (non-hydrogen) atoms. The number of hydrogen-bond acceptors (Lipinski definition) is 2. The highest BCUT2D eigenvalue weighted by atomic mass is 16.4. The van der Waals surface area contributed by atoms with Gasteiger partial charge in [-0.2, -0.15) is 0 Å². The fraction of sp³-hybridized carbons (Fsp3) is 0.467. The molecule has 1 aromatic rings. The number of aromatic carboxylic acids is 1. The van der Waals surface area contributed by atoms with E-state index in [1.807, 2.05) is 20.8 Å². The van der Waals surface area contributed by atoms with Gasteiger partial charge in [0.15, 0.2) is 0 Å². The number of amides is 1. The first kappa shape index (κ1) is 15.2. The molecule has 0 radical (unpaired) electrons. The largest absolute Gasteiger partial charge is 0.478 e. The zero-order chi connectivity index (χ0) is 14.4. The lowest BCUT2D eigenvalue weighted by Gasteiger charge is -2.26. The molecule has 0 aromatic heterocycles.